The molecule has 8 heteroatoms. The summed E-state index contributed by atoms with van der Waals surface area (Å²) < 4.78 is 21.6. The predicted molar refractivity (Wildman–Crippen MR) is 53.3 cm³/mol. The van der Waals surface area contributed by atoms with Crippen LogP contribution in [0.4, 0.5) is 4.79 Å². The van der Waals surface area contributed by atoms with E-state index >= 15 is 0 Å². The van der Waals surface area contributed by atoms with Gasteiger partial charge >= 0.3 is 12.0 Å². The smallest absolute Gasteiger partial charge is 0.323 e. The summed E-state index contributed by atoms with van der Waals surface area (Å²) in [4.78, 5) is 21.0. The Kier molecular flexibility index (Phi) is 5.06. The molecule has 1 atom stereocenters. The molecule has 0 bridgehead atoms. The molecule has 0 spiro atoms. The first-order valence-electron chi connectivity index (χ1n) is 4.14. The van der Waals surface area contributed by atoms with Crippen molar-refractivity contribution in [2.75, 3.05) is 18.6 Å². The number of nitrogens with one attached hydrogen (secondary N) is 2. The van der Waals surface area contributed by atoms with Crippen LogP contribution in [0.3, 0.4) is 0 Å². The summed E-state index contributed by atoms with van der Waals surface area (Å²) in [7, 11) is -3.16. The number of urea groups is 1. The Labute approximate surface area is 87.8 Å². The maximum atomic E-state index is 11.0. The quantitative estimate of drug-likeness (QED) is 0.557. The summed E-state index contributed by atoms with van der Waals surface area (Å²) in [6, 6.07) is -1.26. The molecule has 0 aromatic rings. The van der Waals surface area contributed by atoms with Crippen LogP contribution in [0.2, 0.25) is 0 Å². The van der Waals surface area contributed by atoms with Gasteiger partial charge < -0.3 is 15.7 Å². The summed E-state index contributed by atoms with van der Waals surface area (Å²) in [5.74, 6) is -1.35. The summed E-state index contributed by atoms with van der Waals surface area (Å²) >= 11 is 0. The lowest BCUT2D eigenvalue weighted by molar-refractivity contribution is -0.135. The second-order valence-corrected chi connectivity index (χ2v) is 5.40. The van der Waals surface area contributed by atoms with Crippen LogP contribution in [0.15, 0.2) is 0 Å². The number of amides is 2. The lowest BCUT2D eigenvalue weighted by atomic mass is 10.4. The van der Waals surface area contributed by atoms with Crippen LogP contribution in [-0.4, -0.2) is 50.1 Å². The normalized spacial score (nSPS) is 12.9. The first-order valence-corrected chi connectivity index (χ1v) is 6.20. The van der Waals surface area contributed by atoms with Gasteiger partial charge in [0.25, 0.3) is 0 Å². The number of aliphatic carboxylic acids is 1. The van der Waals surface area contributed by atoms with Gasteiger partial charge in [-0.2, -0.15) is 0 Å². The molecule has 0 saturated carbocycles. The van der Waals surface area contributed by atoms with Crippen LogP contribution in [0.25, 0.3) is 0 Å². The number of carbonyl (C=O) groups excluding carboxylic acids is 1. The molecule has 0 rings (SSSR count). The van der Waals surface area contributed by atoms with E-state index in [9.17, 15) is 18.0 Å². The van der Waals surface area contributed by atoms with Crippen molar-refractivity contribution in [1.82, 2.24) is 10.6 Å². The van der Waals surface area contributed by atoms with Gasteiger partial charge in [0.2, 0.25) is 0 Å². The second kappa shape index (κ2) is 5.54. The van der Waals surface area contributed by atoms with Crippen molar-refractivity contribution in [3.05, 3.63) is 0 Å². The third-order valence-corrected chi connectivity index (χ3v) is 2.44. The molecule has 0 aromatic carbocycles. The molecule has 0 aromatic heterocycles. The monoisotopic (exact) mass is 238 g/mol. The van der Waals surface area contributed by atoms with E-state index in [1.165, 1.54) is 6.92 Å². The average Bonchev–Trinajstić information content (AvgIpc) is 1.96. The maximum Gasteiger partial charge on any atom is 0.323 e. The van der Waals surface area contributed by atoms with E-state index in [1.807, 2.05) is 0 Å². The first-order chi connectivity index (χ1) is 6.70. The molecule has 0 aliphatic carbocycles. The Morgan fingerprint density at radius 3 is 2.33 bits per heavy atom. The Morgan fingerprint density at radius 1 is 1.40 bits per heavy atom. The number of carboxylic acids is 1. The van der Waals surface area contributed by atoms with Crippen LogP contribution in [0.1, 0.15) is 6.92 Å². The Hall–Kier alpha value is -1.31. The number of rotatable bonds is 5. The molecular formula is C7H14N2O5S. The molecule has 7 nitrogen and oxygen atoms in total. The fourth-order valence-corrected chi connectivity index (χ4v) is 1.92. The highest BCUT2D eigenvalue weighted by Gasteiger charge is 2.13. The average molecular weight is 238 g/mol. The topological polar surface area (TPSA) is 113 Å². The van der Waals surface area contributed by atoms with Crippen molar-refractivity contribution >= 4 is 21.8 Å². The van der Waals surface area contributed by atoms with E-state index in [-0.39, 0.29) is 5.75 Å². The molecular weight excluding hydrogens is 224 g/mol. The zero-order valence-electron chi connectivity index (χ0n) is 8.48. The zero-order chi connectivity index (χ0) is 12.1. The summed E-state index contributed by atoms with van der Waals surface area (Å²) in [5.41, 5.74) is 0. The van der Waals surface area contributed by atoms with Crippen LogP contribution < -0.4 is 10.6 Å². The van der Waals surface area contributed by atoms with Gasteiger partial charge in [-0.3, -0.25) is 4.79 Å². The van der Waals surface area contributed by atoms with E-state index < -0.39 is 34.4 Å². The fraction of sp³-hybridized carbons (Fsp3) is 0.714. The third-order valence-electron chi connectivity index (χ3n) is 1.33. The first kappa shape index (κ1) is 13.7. The molecule has 0 heterocycles. The molecule has 1 unspecified atom stereocenters. The van der Waals surface area contributed by atoms with Crippen molar-refractivity contribution in [2.24, 2.45) is 0 Å². The number of hydrogen-bond acceptors (Lipinski definition) is 4. The number of carbonyl (C=O) groups is 2. The SMILES string of the molecule is CC(CS(C)(=O)=O)NC(=O)NCC(=O)O. The molecule has 0 saturated heterocycles. The van der Waals surface area contributed by atoms with Crippen molar-refractivity contribution in [1.29, 1.82) is 0 Å². The van der Waals surface area contributed by atoms with Gasteiger partial charge in [-0.1, -0.05) is 0 Å². The summed E-state index contributed by atoms with van der Waals surface area (Å²) in [6.07, 6.45) is 1.06. The molecule has 0 aliphatic heterocycles. The van der Waals surface area contributed by atoms with E-state index in [0.29, 0.717) is 0 Å². The molecule has 0 radical (unpaired) electrons. The van der Waals surface area contributed by atoms with Gasteiger partial charge in [0, 0.05) is 12.3 Å². The van der Waals surface area contributed by atoms with Crippen LogP contribution in [0, 0.1) is 0 Å². The van der Waals surface area contributed by atoms with E-state index in [1.54, 1.807) is 0 Å². The second-order valence-electron chi connectivity index (χ2n) is 3.21. The highest BCUT2D eigenvalue weighted by Crippen LogP contribution is 1.89. The minimum atomic E-state index is -3.16. The molecule has 0 fully saturated rings. The minimum Gasteiger partial charge on any atom is -0.480 e. The van der Waals surface area contributed by atoms with Gasteiger partial charge in [0.1, 0.15) is 16.4 Å². The number of hydrogen-bond donors (Lipinski definition) is 3. The summed E-state index contributed by atoms with van der Waals surface area (Å²) in [6.45, 7) is 1.01. The molecule has 3 N–H and O–H groups in total. The van der Waals surface area contributed by atoms with Crippen molar-refractivity contribution in [2.45, 2.75) is 13.0 Å². The van der Waals surface area contributed by atoms with Gasteiger partial charge in [-0.15, -0.1) is 0 Å². The molecule has 2 amide bonds. The highest BCUT2D eigenvalue weighted by molar-refractivity contribution is 7.90. The van der Waals surface area contributed by atoms with Crippen LogP contribution >= 0.6 is 0 Å². The lowest BCUT2D eigenvalue weighted by Crippen LogP contribution is -2.44. The largest absolute Gasteiger partial charge is 0.480 e. The highest BCUT2D eigenvalue weighted by atomic mass is 32.2. The lowest BCUT2D eigenvalue weighted by Gasteiger charge is -2.12. The zero-order valence-corrected chi connectivity index (χ0v) is 9.30. The van der Waals surface area contributed by atoms with Crippen molar-refractivity contribution in [3.63, 3.8) is 0 Å². The molecule has 88 valence electrons. The van der Waals surface area contributed by atoms with E-state index in [0.717, 1.165) is 6.26 Å². The number of carboxylic acid groups (broad SMARTS) is 1. The minimum absolute atomic E-state index is 0.187. The van der Waals surface area contributed by atoms with Gasteiger partial charge in [0.15, 0.2) is 0 Å². The van der Waals surface area contributed by atoms with Gasteiger partial charge in [-0.05, 0) is 6.92 Å². The van der Waals surface area contributed by atoms with Crippen LogP contribution in [0.5, 0.6) is 0 Å². The van der Waals surface area contributed by atoms with E-state index in [4.69, 9.17) is 5.11 Å². The third kappa shape index (κ3) is 9.01. The van der Waals surface area contributed by atoms with E-state index in [2.05, 4.69) is 10.6 Å². The maximum absolute atomic E-state index is 11.0. The summed E-state index contributed by atoms with van der Waals surface area (Å²) in [5, 5.41) is 12.6. The molecule has 0 aliphatic rings. The van der Waals surface area contributed by atoms with Crippen LogP contribution in [-0.2, 0) is 14.6 Å². The Morgan fingerprint density at radius 2 is 1.93 bits per heavy atom. The van der Waals surface area contributed by atoms with Gasteiger partial charge in [-0.25, -0.2) is 13.2 Å². The van der Waals surface area contributed by atoms with Gasteiger partial charge in [0.05, 0.1) is 5.75 Å². The predicted octanol–water partition coefficient (Wildman–Crippen LogP) is -1.20. The van der Waals surface area contributed by atoms with Crippen molar-refractivity contribution in [3.8, 4) is 0 Å². The number of sulfone groups is 1. The Bertz CT molecular complexity index is 337. The standard InChI is InChI=1S/C7H14N2O5S/c1-5(4-15(2,13)14)9-7(12)8-3-6(10)11/h5H,3-4H2,1-2H3,(H,10,11)(H2,8,9,12). The Balaban J connectivity index is 3.92. The van der Waals surface area contributed by atoms with Crippen molar-refractivity contribution < 1.29 is 23.1 Å². The molecule has 15 heavy (non-hydrogen) atoms. The fourth-order valence-electron chi connectivity index (χ4n) is 0.927.